The molecule has 0 bridgehead atoms. The lowest BCUT2D eigenvalue weighted by molar-refractivity contribution is 0.0950. The zero-order chi connectivity index (χ0) is 17.4. The van der Waals surface area contributed by atoms with Crippen molar-refractivity contribution in [3.8, 4) is 0 Å². The number of amides is 1. The summed E-state index contributed by atoms with van der Waals surface area (Å²) < 4.78 is 0. The number of anilines is 1. The van der Waals surface area contributed by atoms with Gasteiger partial charge in [-0.15, -0.1) is 0 Å². The Bertz CT molecular complexity index is 646. The second-order valence-electron chi connectivity index (χ2n) is 6.00. The summed E-state index contributed by atoms with van der Waals surface area (Å²) in [7, 11) is 0. The van der Waals surface area contributed by atoms with Gasteiger partial charge in [-0.2, -0.15) is 0 Å². The van der Waals surface area contributed by atoms with Crippen LogP contribution in [0.25, 0.3) is 0 Å². The lowest BCUT2D eigenvalue weighted by Crippen LogP contribution is -2.26. The zero-order valence-electron chi connectivity index (χ0n) is 14.9. The van der Waals surface area contributed by atoms with Crippen molar-refractivity contribution < 1.29 is 4.79 Å². The summed E-state index contributed by atoms with van der Waals surface area (Å²) in [5.74, 6) is 0.851. The van der Waals surface area contributed by atoms with Gasteiger partial charge in [0.05, 0.1) is 5.56 Å². The number of benzene rings is 1. The van der Waals surface area contributed by atoms with Crippen molar-refractivity contribution in [2.45, 2.75) is 40.2 Å². The van der Waals surface area contributed by atoms with Crippen LogP contribution in [0.5, 0.6) is 0 Å². The molecule has 2 aromatic rings. The van der Waals surface area contributed by atoms with Crippen molar-refractivity contribution in [1.29, 1.82) is 0 Å². The van der Waals surface area contributed by atoms with Crippen molar-refractivity contribution in [1.82, 2.24) is 10.3 Å². The van der Waals surface area contributed by atoms with Crippen LogP contribution in [-0.4, -0.2) is 24.0 Å². The molecule has 0 spiro atoms. The highest BCUT2D eigenvalue weighted by Gasteiger charge is 2.10. The number of nitrogens with zero attached hydrogens (tertiary/aromatic N) is 2. The number of nitrogens with one attached hydrogen (secondary N) is 1. The maximum Gasteiger partial charge on any atom is 0.253 e. The molecule has 128 valence electrons. The summed E-state index contributed by atoms with van der Waals surface area (Å²) in [5.41, 5.74) is 2.91. The Morgan fingerprint density at radius 1 is 1.08 bits per heavy atom. The largest absolute Gasteiger partial charge is 0.357 e. The Kier molecular flexibility index (Phi) is 6.79. The van der Waals surface area contributed by atoms with E-state index in [9.17, 15) is 4.79 Å². The van der Waals surface area contributed by atoms with Gasteiger partial charge < -0.3 is 10.2 Å². The van der Waals surface area contributed by atoms with E-state index in [2.05, 4.69) is 29.0 Å². The van der Waals surface area contributed by atoms with Gasteiger partial charge in [-0.3, -0.25) is 4.79 Å². The van der Waals surface area contributed by atoms with Gasteiger partial charge in [0.15, 0.2) is 0 Å². The molecule has 0 saturated heterocycles. The summed E-state index contributed by atoms with van der Waals surface area (Å²) in [4.78, 5) is 19.0. The van der Waals surface area contributed by atoms with Crippen LogP contribution >= 0.6 is 0 Å². The highest BCUT2D eigenvalue weighted by Crippen LogP contribution is 2.13. The standard InChI is InChI=1S/C20H27N3O/c1-4-12-23(13-5-2)19-11-10-18(15-21-19)20(24)22-14-17-9-7-6-8-16(17)3/h6-11,15H,4-5,12-14H2,1-3H3,(H,22,24). The predicted octanol–water partition coefficient (Wildman–Crippen LogP) is 3.95. The fourth-order valence-corrected chi connectivity index (χ4v) is 2.67. The van der Waals surface area contributed by atoms with E-state index in [0.29, 0.717) is 12.1 Å². The quantitative estimate of drug-likeness (QED) is 0.799. The van der Waals surface area contributed by atoms with Gasteiger partial charge in [-0.25, -0.2) is 4.98 Å². The number of carbonyl (C=O) groups is 1. The smallest absolute Gasteiger partial charge is 0.253 e. The Morgan fingerprint density at radius 3 is 2.38 bits per heavy atom. The molecule has 1 aromatic heterocycles. The van der Waals surface area contributed by atoms with Crippen LogP contribution in [0, 0.1) is 6.92 Å². The van der Waals surface area contributed by atoms with Crippen molar-refractivity contribution in [2.75, 3.05) is 18.0 Å². The molecule has 0 radical (unpaired) electrons. The number of pyridine rings is 1. The van der Waals surface area contributed by atoms with Gasteiger partial charge in [0, 0.05) is 25.8 Å². The average molecular weight is 325 g/mol. The number of carbonyl (C=O) groups excluding carboxylic acids is 1. The number of hydrogen-bond donors (Lipinski definition) is 1. The summed E-state index contributed by atoms with van der Waals surface area (Å²) >= 11 is 0. The minimum Gasteiger partial charge on any atom is -0.357 e. The first-order valence-corrected chi connectivity index (χ1v) is 8.69. The highest BCUT2D eigenvalue weighted by molar-refractivity contribution is 5.94. The predicted molar refractivity (Wildman–Crippen MR) is 99.4 cm³/mol. The fraction of sp³-hybridized carbons (Fsp3) is 0.400. The van der Waals surface area contributed by atoms with Crippen LogP contribution in [0.2, 0.25) is 0 Å². The van der Waals surface area contributed by atoms with Gasteiger partial charge in [0.25, 0.3) is 5.91 Å². The molecule has 4 heteroatoms. The van der Waals surface area contributed by atoms with Crippen molar-refractivity contribution in [3.05, 3.63) is 59.3 Å². The van der Waals surface area contributed by atoms with Gasteiger partial charge in [-0.05, 0) is 43.0 Å². The summed E-state index contributed by atoms with van der Waals surface area (Å²) in [6.07, 6.45) is 3.83. The van der Waals surface area contributed by atoms with E-state index in [0.717, 1.165) is 37.3 Å². The van der Waals surface area contributed by atoms with E-state index < -0.39 is 0 Å². The third-order valence-corrected chi connectivity index (χ3v) is 4.02. The van der Waals surface area contributed by atoms with Crippen molar-refractivity contribution >= 4 is 11.7 Å². The molecular weight excluding hydrogens is 298 g/mol. The van der Waals surface area contributed by atoms with Crippen LogP contribution in [-0.2, 0) is 6.54 Å². The van der Waals surface area contributed by atoms with E-state index in [-0.39, 0.29) is 5.91 Å². The van der Waals surface area contributed by atoms with E-state index in [1.807, 2.05) is 43.3 Å². The molecule has 0 aliphatic carbocycles. The molecule has 0 fully saturated rings. The lowest BCUT2D eigenvalue weighted by Gasteiger charge is -2.22. The number of hydrogen-bond acceptors (Lipinski definition) is 3. The maximum atomic E-state index is 12.3. The number of aryl methyl sites for hydroxylation is 1. The zero-order valence-corrected chi connectivity index (χ0v) is 14.9. The number of rotatable bonds is 8. The van der Waals surface area contributed by atoms with Gasteiger partial charge >= 0.3 is 0 Å². The van der Waals surface area contributed by atoms with Gasteiger partial charge in [0.2, 0.25) is 0 Å². The molecule has 1 N–H and O–H groups in total. The van der Waals surface area contributed by atoms with Gasteiger partial charge in [0.1, 0.15) is 5.82 Å². The SMILES string of the molecule is CCCN(CCC)c1ccc(C(=O)NCc2ccccc2C)cn1. The number of aromatic nitrogens is 1. The molecule has 0 unspecified atom stereocenters. The van der Waals surface area contributed by atoms with E-state index >= 15 is 0 Å². The summed E-state index contributed by atoms with van der Waals surface area (Å²) in [6, 6.07) is 11.9. The van der Waals surface area contributed by atoms with Gasteiger partial charge in [-0.1, -0.05) is 38.1 Å². The molecule has 0 atom stereocenters. The third kappa shape index (κ3) is 4.82. The normalized spacial score (nSPS) is 10.5. The molecule has 1 aromatic carbocycles. The molecule has 0 aliphatic rings. The van der Waals surface area contributed by atoms with E-state index in [4.69, 9.17) is 0 Å². The first-order valence-electron chi connectivity index (χ1n) is 8.69. The Labute approximate surface area is 144 Å². The first kappa shape index (κ1) is 18.0. The second-order valence-corrected chi connectivity index (χ2v) is 6.00. The van der Waals surface area contributed by atoms with Crippen LogP contribution in [0.1, 0.15) is 48.2 Å². The minimum atomic E-state index is -0.0881. The van der Waals surface area contributed by atoms with Crippen LogP contribution in [0.15, 0.2) is 42.6 Å². The molecule has 2 rings (SSSR count). The van der Waals surface area contributed by atoms with Crippen molar-refractivity contribution in [3.63, 3.8) is 0 Å². The minimum absolute atomic E-state index is 0.0881. The summed E-state index contributed by atoms with van der Waals surface area (Å²) in [5, 5.41) is 2.96. The molecule has 0 saturated carbocycles. The molecular formula is C20H27N3O. The molecule has 1 heterocycles. The van der Waals surface area contributed by atoms with E-state index in [1.165, 1.54) is 5.56 Å². The second kappa shape index (κ2) is 9.06. The fourth-order valence-electron chi connectivity index (χ4n) is 2.67. The Hall–Kier alpha value is -2.36. The molecule has 0 aliphatic heterocycles. The Balaban J connectivity index is 1.99. The monoisotopic (exact) mass is 325 g/mol. The molecule has 4 nitrogen and oxygen atoms in total. The topological polar surface area (TPSA) is 45.2 Å². The van der Waals surface area contributed by atoms with E-state index in [1.54, 1.807) is 6.20 Å². The highest BCUT2D eigenvalue weighted by atomic mass is 16.1. The third-order valence-electron chi connectivity index (χ3n) is 4.02. The summed E-state index contributed by atoms with van der Waals surface area (Å²) in [6.45, 7) is 8.88. The first-order chi connectivity index (χ1) is 11.7. The maximum absolute atomic E-state index is 12.3. The van der Waals surface area contributed by atoms with Crippen LogP contribution < -0.4 is 10.2 Å². The lowest BCUT2D eigenvalue weighted by atomic mass is 10.1. The van der Waals surface area contributed by atoms with Crippen molar-refractivity contribution in [2.24, 2.45) is 0 Å². The molecule has 1 amide bonds. The van der Waals surface area contributed by atoms with Crippen LogP contribution in [0.3, 0.4) is 0 Å². The average Bonchev–Trinajstić information content (AvgIpc) is 2.61. The van der Waals surface area contributed by atoms with Crippen LogP contribution in [0.4, 0.5) is 5.82 Å². The Morgan fingerprint density at radius 2 is 1.79 bits per heavy atom. The molecule has 24 heavy (non-hydrogen) atoms.